The number of carboxylic acids is 1. The van der Waals surface area contributed by atoms with E-state index in [1.807, 2.05) is 17.5 Å². The van der Waals surface area contributed by atoms with E-state index in [2.05, 4.69) is 5.32 Å². The minimum atomic E-state index is -1.04. The smallest absolute Gasteiger partial charge is 0.335 e. The number of carboxylic acid groups (broad SMARTS) is 1. The maximum Gasteiger partial charge on any atom is 0.335 e. The standard InChI is InChI=1S/C17H12N2O4S3/c20-14(18-11-5-3-10(4-6-11)16(22)23)9-19-15(21)13(26-17(19)24)8-12-2-1-7-25-12/h1-8H,9H2,(H,18,20)(H,22,23)/b13-8-. The molecule has 1 saturated heterocycles. The van der Waals surface area contributed by atoms with Gasteiger partial charge in [-0.1, -0.05) is 30.0 Å². The average Bonchev–Trinajstić information content (AvgIpc) is 3.20. The Hall–Kier alpha value is -2.49. The van der Waals surface area contributed by atoms with Gasteiger partial charge < -0.3 is 10.4 Å². The van der Waals surface area contributed by atoms with Gasteiger partial charge in [-0.3, -0.25) is 14.5 Å². The first-order valence-electron chi connectivity index (χ1n) is 7.36. The third-order valence-electron chi connectivity index (χ3n) is 3.41. The van der Waals surface area contributed by atoms with Gasteiger partial charge in [0.05, 0.1) is 10.5 Å². The average molecular weight is 404 g/mol. The number of carbonyl (C=O) groups excluding carboxylic acids is 2. The van der Waals surface area contributed by atoms with E-state index in [1.165, 1.54) is 40.5 Å². The minimum Gasteiger partial charge on any atom is -0.478 e. The van der Waals surface area contributed by atoms with Gasteiger partial charge in [0.25, 0.3) is 5.91 Å². The topological polar surface area (TPSA) is 86.7 Å². The molecular weight excluding hydrogens is 392 g/mol. The summed E-state index contributed by atoms with van der Waals surface area (Å²) in [6, 6.07) is 9.54. The molecule has 1 aliphatic rings. The highest BCUT2D eigenvalue weighted by Gasteiger charge is 2.33. The minimum absolute atomic E-state index is 0.124. The number of hydrogen-bond donors (Lipinski definition) is 2. The second-order valence-electron chi connectivity index (χ2n) is 5.21. The van der Waals surface area contributed by atoms with Gasteiger partial charge in [-0.25, -0.2) is 4.79 Å². The fourth-order valence-electron chi connectivity index (χ4n) is 2.18. The number of aromatic carboxylic acids is 1. The van der Waals surface area contributed by atoms with Gasteiger partial charge in [0, 0.05) is 10.6 Å². The molecule has 1 fully saturated rings. The van der Waals surface area contributed by atoms with Gasteiger partial charge in [0.15, 0.2) is 0 Å². The third kappa shape index (κ3) is 4.18. The monoisotopic (exact) mass is 404 g/mol. The van der Waals surface area contributed by atoms with E-state index in [0.29, 0.717) is 14.9 Å². The SMILES string of the molecule is O=C(CN1C(=O)/C(=C/c2cccs2)SC1=S)Nc1ccc(C(=O)O)cc1. The number of benzene rings is 1. The van der Waals surface area contributed by atoms with Crippen LogP contribution in [0.15, 0.2) is 46.7 Å². The summed E-state index contributed by atoms with van der Waals surface area (Å²) in [6.45, 7) is -0.201. The Morgan fingerprint density at radius 1 is 1.23 bits per heavy atom. The van der Waals surface area contributed by atoms with Crippen molar-refractivity contribution in [2.24, 2.45) is 0 Å². The molecule has 1 aromatic carbocycles. The molecule has 2 N–H and O–H groups in total. The fourth-order valence-corrected chi connectivity index (χ4v) is 4.16. The molecular formula is C17H12N2O4S3. The van der Waals surface area contributed by atoms with Crippen molar-refractivity contribution in [2.75, 3.05) is 11.9 Å². The van der Waals surface area contributed by atoms with Gasteiger partial charge >= 0.3 is 5.97 Å². The summed E-state index contributed by atoms with van der Waals surface area (Å²) in [5.74, 6) is -1.76. The summed E-state index contributed by atoms with van der Waals surface area (Å²) in [7, 11) is 0. The zero-order valence-electron chi connectivity index (χ0n) is 13.2. The van der Waals surface area contributed by atoms with E-state index in [0.717, 1.165) is 16.6 Å². The van der Waals surface area contributed by atoms with E-state index in [4.69, 9.17) is 17.3 Å². The molecule has 6 nitrogen and oxygen atoms in total. The summed E-state index contributed by atoms with van der Waals surface area (Å²) < 4.78 is 0.328. The first-order chi connectivity index (χ1) is 12.4. The van der Waals surface area contributed by atoms with Crippen LogP contribution in [0.2, 0.25) is 0 Å². The molecule has 0 aliphatic carbocycles. The van der Waals surface area contributed by atoms with Gasteiger partial charge in [0.1, 0.15) is 10.9 Å². The number of thiophene rings is 1. The zero-order valence-corrected chi connectivity index (χ0v) is 15.6. The van der Waals surface area contributed by atoms with Crippen molar-refractivity contribution < 1.29 is 19.5 Å². The lowest BCUT2D eigenvalue weighted by molar-refractivity contribution is -0.126. The van der Waals surface area contributed by atoms with Crippen LogP contribution in [-0.4, -0.2) is 38.7 Å². The molecule has 9 heteroatoms. The van der Waals surface area contributed by atoms with E-state index in [9.17, 15) is 14.4 Å². The molecule has 132 valence electrons. The van der Waals surface area contributed by atoms with Crippen molar-refractivity contribution in [3.05, 3.63) is 57.1 Å². The number of hydrogen-bond acceptors (Lipinski definition) is 6. The second-order valence-corrected chi connectivity index (χ2v) is 7.87. The Bertz CT molecular complexity index is 905. The van der Waals surface area contributed by atoms with Crippen LogP contribution >= 0.6 is 35.3 Å². The first-order valence-corrected chi connectivity index (χ1v) is 9.46. The number of anilines is 1. The van der Waals surface area contributed by atoms with Crippen molar-refractivity contribution >= 4 is 69.2 Å². The second kappa shape index (κ2) is 7.81. The molecule has 0 unspecified atom stereocenters. The van der Waals surface area contributed by atoms with Crippen LogP contribution < -0.4 is 5.32 Å². The molecule has 2 amide bonds. The fraction of sp³-hybridized carbons (Fsp3) is 0.0588. The van der Waals surface area contributed by atoms with Crippen molar-refractivity contribution in [1.82, 2.24) is 4.90 Å². The molecule has 0 spiro atoms. The molecule has 26 heavy (non-hydrogen) atoms. The molecule has 2 aromatic rings. The largest absolute Gasteiger partial charge is 0.478 e. The van der Waals surface area contributed by atoms with Gasteiger partial charge in [-0.15, -0.1) is 11.3 Å². The summed E-state index contributed by atoms with van der Waals surface area (Å²) >= 11 is 7.88. The zero-order chi connectivity index (χ0) is 18.7. The first kappa shape index (κ1) is 18.3. The Kier molecular flexibility index (Phi) is 5.50. The van der Waals surface area contributed by atoms with Gasteiger partial charge in [-0.2, -0.15) is 0 Å². The quantitative estimate of drug-likeness (QED) is 0.587. The summed E-state index contributed by atoms with van der Waals surface area (Å²) in [4.78, 5) is 38.2. The van der Waals surface area contributed by atoms with Crippen LogP contribution in [0.4, 0.5) is 5.69 Å². The lowest BCUT2D eigenvalue weighted by Crippen LogP contribution is -2.36. The number of nitrogens with zero attached hydrogens (tertiary/aromatic N) is 1. The maximum atomic E-state index is 12.5. The Balaban J connectivity index is 1.64. The van der Waals surface area contributed by atoms with Crippen LogP contribution in [0.25, 0.3) is 6.08 Å². The molecule has 3 rings (SSSR count). The van der Waals surface area contributed by atoms with E-state index >= 15 is 0 Å². The van der Waals surface area contributed by atoms with E-state index < -0.39 is 11.9 Å². The van der Waals surface area contributed by atoms with Crippen LogP contribution in [0.5, 0.6) is 0 Å². The van der Waals surface area contributed by atoms with Crippen LogP contribution in [0.3, 0.4) is 0 Å². The number of thiocarbonyl (C=S) groups is 1. The Morgan fingerprint density at radius 2 is 1.96 bits per heavy atom. The predicted molar refractivity (Wildman–Crippen MR) is 106 cm³/mol. The third-order valence-corrected chi connectivity index (χ3v) is 5.60. The maximum absolute atomic E-state index is 12.5. The van der Waals surface area contributed by atoms with Gasteiger partial charge in [-0.05, 0) is 41.8 Å². The normalized spacial score (nSPS) is 15.5. The Morgan fingerprint density at radius 3 is 2.58 bits per heavy atom. The summed E-state index contributed by atoms with van der Waals surface area (Å²) in [5.41, 5.74) is 0.568. The lowest BCUT2D eigenvalue weighted by atomic mass is 10.2. The van der Waals surface area contributed by atoms with Crippen LogP contribution in [-0.2, 0) is 9.59 Å². The molecule has 1 aliphatic heterocycles. The van der Waals surface area contributed by atoms with Crippen LogP contribution in [0, 0.1) is 0 Å². The highest BCUT2D eigenvalue weighted by atomic mass is 32.2. The van der Waals surface area contributed by atoms with Crippen molar-refractivity contribution in [3.63, 3.8) is 0 Å². The molecule has 0 saturated carbocycles. The number of amides is 2. The van der Waals surface area contributed by atoms with Crippen molar-refractivity contribution in [2.45, 2.75) is 0 Å². The highest BCUT2D eigenvalue weighted by Crippen LogP contribution is 2.33. The molecule has 0 bridgehead atoms. The number of nitrogens with one attached hydrogen (secondary N) is 1. The van der Waals surface area contributed by atoms with E-state index in [1.54, 1.807) is 6.08 Å². The molecule has 2 heterocycles. The van der Waals surface area contributed by atoms with Crippen LogP contribution in [0.1, 0.15) is 15.2 Å². The highest BCUT2D eigenvalue weighted by molar-refractivity contribution is 8.26. The van der Waals surface area contributed by atoms with Gasteiger partial charge in [0.2, 0.25) is 5.91 Å². The number of rotatable bonds is 5. The van der Waals surface area contributed by atoms with E-state index in [-0.39, 0.29) is 18.0 Å². The molecule has 1 aromatic heterocycles. The molecule has 0 radical (unpaired) electrons. The summed E-state index contributed by atoms with van der Waals surface area (Å²) in [6.07, 6.45) is 1.76. The number of carbonyl (C=O) groups is 3. The van der Waals surface area contributed by atoms with Crippen molar-refractivity contribution in [1.29, 1.82) is 0 Å². The summed E-state index contributed by atoms with van der Waals surface area (Å²) in [5, 5.41) is 13.4. The predicted octanol–water partition coefficient (Wildman–Crippen LogP) is 3.29. The lowest BCUT2D eigenvalue weighted by Gasteiger charge is -2.14. The van der Waals surface area contributed by atoms with Crippen molar-refractivity contribution in [3.8, 4) is 0 Å². The Labute approximate surface area is 162 Å². The molecule has 0 atom stereocenters. The number of thioether (sulfide) groups is 1.